The van der Waals surface area contributed by atoms with E-state index in [4.69, 9.17) is 10.5 Å². The Kier molecular flexibility index (Phi) is 7.11. The molecule has 1 aromatic carbocycles. The van der Waals surface area contributed by atoms with E-state index in [2.05, 4.69) is 15.6 Å². The Hall–Kier alpha value is -3.31. The van der Waals surface area contributed by atoms with Gasteiger partial charge < -0.3 is 25.6 Å². The van der Waals surface area contributed by atoms with Crippen molar-refractivity contribution in [3.05, 3.63) is 65.0 Å². The molecule has 11 heteroatoms. The maximum absolute atomic E-state index is 14.7. The summed E-state index contributed by atoms with van der Waals surface area (Å²) in [4.78, 5) is 34.1. The van der Waals surface area contributed by atoms with E-state index in [0.29, 0.717) is 50.0 Å². The molecule has 0 spiro atoms. The predicted molar refractivity (Wildman–Crippen MR) is 138 cm³/mol. The second kappa shape index (κ2) is 10.7. The monoisotopic (exact) mass is 540 g/mol. The number of hydrogen-bond donors (Lipinski definition) is 3. The largest absolute Gasteiger partial charge is 0.440 e. The molecular formula is C28H34F2N6O3. The third-order valence-corrected chi connectivity index (χ3v) is 8.75. The molecule has 3 amide bonds. The van der Waals surface area contributed by atoms with Crippen molar-refractivity contribution in [3.8, 4) is 0 Å². The van der Waals surface area contributed by atoms with Crippen LogP contribution < -0.4 is 16.4 Å². The minimum Gasteiger partial charge on any atom is -0.440 e. The minimum atomic E-state index is -0.914. The molecule has 3 fully saturated rings. The number of carbonyl (C=O) groups is 2. The van der Waals surface area contributed by atoms with Crippen LogP contribution in [0.25, 0.3) is 0 Å². The number of hydrogen-bond acceptors (Lipinski definition) is 6. The fourth-order valence-corrected chi connectivity index (χ4v) is 6.75. The highest BCUT2D eigenvalue weighted by atomic mass is 19.2. The fourth-order valence-electron chi connectivity index (χ4n) is 6.75. The summed E-state index contributed by atoms with van der Waals surface area (Å²) >= 11 is 0. The summed E-state index contributed by atoms with van der Waals surface area (Å²) in [5, 5.41) is 6.42. The van der Waals surface area contributed by atoms with Crippen molar-refractivity contribution in [2.45, 2.75) is 74.8 Å². The van der Waals surface area contributed by atoms with E-state index < -0.39 is 35.8 Å². The number of likely N-dealkylation sites (tertiary alicyclic amines) is 1. The van der Waals surface area contributed by atoms with Gasteiger partial charge in [-0.2, -0.15) is 0 Å². The zero-order valence-electron chi connectivity index (χ0n) is 21.7. The van der Waals surface area contributed by atoms with E-state index in [9.17, 15) is 18.4 Å². The smallest absolute Gasteiger partial charge is 0.410 e. The molecule has 6 rings (SSSR count). The lowest BCUT2D eigenvalue weighted by Crippen LogP contribution is -2.54. The van der Waals surface area contributed by atoms with E-state index >= 15 is 0 Å². The van der Waals surface area contributed by atoms with E-state index in [1.165, 1.54) is 6.07 Å². The molecule has 2 unspecified atom stereocenters. The second-order valence-corrected chi connectivity index (χ2v) is 10.9. The molecule has 5 atom stereocenters. The van der Waals surface area contributed by atoms with Crippen LogP contribution in [0.5, 0.6) is 0 Å². The van der Waals surface area contributed by atoms with Gasteiger partial charge in [-0.25, -0.2) is 18.4 Å². The lowest BCUT2D eigenvalue weighted by Gasteiger charge is -2.40. The average molecular weight is 541 g/mol. The lowest BCUT2D eigenvalue weighted by molar-refractivity contribution is 0.0400. The summed E-state index contributed by atoms with van der Waals surface area (Å²) in [7, 11) is 0. The molecule has 1 aromatic heterocycles. The highest BCUT2D eigenvalue weighted by Crippen LogP contribution is 2.43. The Bertz CT molecular complexity index is 1240. The van der Waals surface area contributed by atoms with E-state index in [1.54, 1.807) is 23.2 Å². The normalized spacial score (nSPS) is 29.3. The summed E-state index contributed by atoms with van der Waals surface area (Å²) in [6.45, 7) is 1.87. The number of fused-ring (bicyclic) bond motifs is 2. The minimum absolute atomic E-state index is 0.00639. The first-order chi connectivity index (χ1) is 18.9. The van der Waals surface area contributed by atoms with Gasteiger partial charge in [0, 0.05) is 37.3 Å². The van der Waals surface area contributed by atoms with Crippen molar-refractivity contribution in [3.63, 3.8) is 0 Å². The SMILES string of the molecule is N[C@@H]1c2cccnc2[C@H](OC(=O)N2CCC(N3C(=O)NC4NCCCC43)CC2)CC[C@H]1c1cccc(F)c1F. The van der Waals surface area contributed by atoms with Crippen LogP contribution in [-0.4, -0.2) is 64.8 Å². The third kappa shape index (κ3) is 4.82. The molecule has 39 heavy (non-hydrogen) atoms. The van der Waals surface area contributed by atoms with Crippen LogP contribution in [0.1, 0.15) is 73.4 Å². The maximum Gasteiger partial charge on any atom is 0.410 e. The molecule has 3 aliphatic heterocycles. The summed E-state index contributed by atoms with van der Waals surface area (Å²) in [6, 6.07) is 7.22. The number of pyridine rings is 1. The molecule has 0 bridgehead atoms. The van der Waals surface area contributed by atoms with Gasteiger partial charge in [0.05, 0.1) is 11.7 Å². The molecule has 1 aliphatic carbocycles. The lowest BCUT2D eigenvalue weighted by atomic mass is 9.86. The number of nitrogens with one attached hydrogen (secondary N) is 2. The van der Waals surface area contributed by atoms with Crippen molar-refractivity contribution in [1.29, 1.82) is 0 Å². The Morgan fingerprint density at radius 3 is 2.67 bits per heavy atom. The number of amides is 3. The van der Waals surface area contributed by atoms with Crippen LogP contribution in [0.4, 0.5) is 18.4 Å². The number of ether oxygens (including phenoxy) is 1. The number of carbonyl (C=O) groups excluding carboxylic acids is 2. The molecule has 0 saturated carbocycles. The Morgan fingerprint density at radius 1 is 1.05 bits per heavy atom. The standard InChI is InChI=1S/C28H34F2N6O3/c29-20-6-1-4-17(23(20)30)18-8-9-22(25-19(24(18)31)5-2-12-32-25)39-28(38)35-14-10-16(11-15-35)36-21-7-3-13-33-26(21)34-27(36)37/h1-2,4-6,12,16,18,21-22,24,26,33H,3,7-11,13-15,31H2,(H,34,37)/t18-,21?,22+,24-,26?/m0/s1. The van der Waals surface area contributed by atoms with Crippen molar-refractivity contribution in [1.82, 2.24) is 25.4 Å². The van der Waals surface area contributed by atoms with Gasteiger partial charge in [-0.1, -0.05) is 18.2 Å². The van der Waals surface area contributed by atoms with E-state index in [0.717, 1.165) is 25.5 Å². The van der Waals surface area contributed by atoms with Crippen molar-refractivity contribution >= 4 is 12.1 Å². The van der Waals surface area contributed by atoms with Gasteiger partial charge in [0.1, 0.15) is 12.3 Å². The van der Waals surface area contributed by atoms with Crippen LogP contribution in [0.2, 0.25) is 0 Å². The first-order valence-electron chi connectivity index (χ1n) is 13.8. The molecule has 3 saturated heterocycles. The molecule has 4 N–H and O–H groups in total. The van der Waals surface area contributed by atoms with Gasteiger partial charge in [0.25, 0.3) is 0 Å². The van der Waals surface area contributed by atoms with Crippen LogP contribution in [0.3, 0.4) is 0 Å². The molecule has 2 aromatic rings. The van der Waals surface area contributed by atoms with Crippen LogP contribution in [0.15, 0.2) is 36.5 Å². The van der Waals surface area contributed by atoms with Gasteiger partial charge in [0.2, 0.25) is 0 Å². The number of urea groups is 1. The number of benzene rings is 1. The van der Waals surface area contributed by atoms with E-state index in [1.807, 2.05) is 11.0 Å². The van der Waals surface area contributed by atoms with Gasteiger partial charge in [-0.15, -0.1) is 0 Å². The topological polar surface area (TPSA) is 113 Å². The average Bonchev–Trinajstić information content (AvgIpc) is 3.23. The van der Waals surface area contributed by atoms with Crippen molar-refractivity contribution in [2.75, 3.05) is 19.6 Å². The predicted octanol–water partition coefficient (Wildman–Crippen LogP) is 3.68. The highest BCUT2D eigenvalue weighted by molar-refractivity contribution is 5.78. The first-order valence-corrected chi connectivity index (χ1v) is 13.8. The number of nitrogens with two attached hydrogens (primary N) is 1. The van der Waals surface area contributed by atoms with E-state index in [-0.39, 0.29) is 29.8 Å². The Morgan fingerprint density at radius 2 is 1.85 bits per heavy atom. The number of aromatic nitrogens is 1. The van der Waals surface area contributed by atoms with Gasteiger partial charge in [-0.3, -0.25) is 10.3 Å². The Labute approximate surface area is 226 Å². The number of halogens is 2. The van der Waals surface area contributed by atoms with Gasteiger partial charge in [-0.05, 0) is 68.3 Å². The summed E-state index contributed by atoms with van der Waals surface area (Å²) in [5.74, 6) is -2.31. The van der Waals surface area contributed by atoms with Crippen LogP contribution in [-0.2, 0) is 4.74 Å². The maximum atomic E-state index is 14.7. The molecule has 4 aliphatic rings. The zero-order valence-corrected chi connectivity index (χ0v) is 21.7. The fraction of sp³-hybridized carbons (Fsp3) is 0.536. The number of rotatable bonds is 3. The first kappa shape index (κ1) is 25.9. The molecule has 4 heterocycles. The molecule has 208 valence electrons. The molecule has 0 radical (unpaired) electrons. The zero-order chi connectivity index (χ0) is 27.1. The van der Waals surface area contributed by atoms with Gasteiger partial charge in [0.15, 0.2) is 11.6 Å². The number of piperidine rings is 2. The summed E-state index contributed by atoms with van der Waals surface area (Å²) in [6.07, 6.45) is 4.65. The Balaban J connectivity index is 1.13. The van der Waals surface area contributed by atoms with Crippen LogP contribution in [0, 0.1) is 11.6 Å². The molecule has 9 nitrogen and oxygen atoms in total. The van der Waals surface area contributed by atoms with Gasteiger partial charge >= 0.3 is 12.1 Å². The third-order valence-electron chi connectivity index (χ3n) is 8.75. The van der Waals surface area contributed by atoms with Crippen molar-refractivity contribution in [2.24, 2.45) is 5.73 Å². The summed E-state index contributed by atoms with van der Waals surface area (Å²) in [5.41, 5.74) is 8.02. The quantitative estimate of drug-likeness (QED) is 0.512. The number of nitrogens with zero attached hydrogens (tertiary/aromatic N) is 3. The van der Waals surface area contributed by atoms with Crippen molar-refractivity contribution < 1.29 is 23.1 Å². The summed E-state index contributed by atoms with van der Waals surface area (Å²) < 4.78 is 34.7. The van der Waals surface area contributed by atoms with Crippen LogP contribution >= 0.6 is 0 Å². The molecular weight excluding hydrogens is 506 g/mol. The second-order valence-electron chi connectivity index (χ2n) is 10.9. The highest BCUT2D eigenvalue weighted by Gasteiger charge is 2.45.